The van der Waals surface area contributed by atoms with E-state index in [9.17, 15) is 0 Å². The number of rotatable bonds is 0. The van der Waals surface area contributed by atoms with Crippen LogP contribution in [-0.4, -0.2) is 4.98 Å². The number of hydrogen-bond donors (Lipinski definition) is 0. The molecule has 1 rings (SSSR count). The molecule has 0 atom stereocenters. The van der Waals surface area contributed by atoms with E-state index in [1.807, 2.05) is 0 Å². The normalized spacial score (nSPS) is 8.00. The third-order valence-electron chi connectivity index (χ3n) is 0.275. The minimum Gasteiger partial charge on any atom is -0.440 e. The summed E-state index contributed by atoms with van der Waals surface area (Å²) in [5, 5.41) is 0. The first-order valence-electron chi connectivity index (χ1n) is 1.18. The molecule has 0 saturated heterocycles. The summed E-state index contributed by atoms with van der Waals surface area (Å²) in [6.45, 7) is 0. The van der Waals surface area contributed by atoms with Crippen molar-refractivity contribution in [1.29, 1.82) is 0 Å². The maximum atomic E-state index is 4.29. The molecule has 1 aromatic heterocycles. The standard InChI is InChI=1S/C3HNO/c1-2-5-3-4-1/h2H. The van der Waals surface area contributed by atoms with E-state index in [0.29, 0.717) is 0 Å². The zero-order valence-corrected chi connectivity index (χ0v) is 2.43. The topological polar surface area (TPSA) is 26.0 Å². The summed E-state index contributed by atoms with van der Waals surface area (Å²) in [6, 6.07) is 0. The monoisotopic (exact) mass is 67.0 g/mol. The van der Waals surface area contributed by atoms with Gasteiger partial charge in [-0.25, -0.2) is 4.98 Å². The minimum atomic E-state index is 1.33. The Morgan fingerprint density at radius 1 is 1.80 bits per heavy atom. The van der Waals surface area contributed by atoms with Crippen LogP contribution < -0.4 is 0 Å². The van der Waals surface area contributed by atoms with E-state index in [1.165, 1.54) is 6.26 Å². The van der Waals surface area contributed by atoms with Gasteiger partial charge in [-0.05, 0) is 0 Å². The van der Waals surface area contributed by atoms with Crippen LogP contribution >= 0.6 is 0 Å². The van der Waals surface area contributed by atoms with Crippen LogP contribution in [0.15, 0.2) is 10.7 Å². The van der Waals surface area contributed by atoms with Crippen molar-refractivity contribution in [3.8, 4) is 0 Å². The van der Waals surface area contributed by atoms with E-state index in [0.717, 1.165) is 0 Å². The summed E-state index contributed by atoms with van der Waals surface area (Å²) in [7, 11) is 0. The van der Waals surface area contributed by atoms with Gasteiger partial charge in [-0.15, -0.1) is 0 Å². The Morgan fingerprint density at radius 3 is 3.00 bits per heavy atom. The van der Waals surface area contributed by atoms with Gasteiger partial charge in [-0.2, -0.15) is 0 Å². The molecule has 0 aliphatic heterocycles. The second kappa shape index (κ2) is 0.885. The summed E-state index contributed by atoms with van der Waals surface area (Å²) in [5.74, 6) is 0. The number of hydrogen-bond acceptors (Lipinski definition) is 2. The Balaban J connectivity index is 3.13. The van der Waals surface area contributed by atoms with Crippen molar-refractivity contribution in [3.63, 3.8) is 0 Å². The van der Waals surface area contributed by atoms with E-state index in [2.05, 4.69) is 22.0 Å². The molecule has 0 amide bonds. The van der Waals surface area contributed by atoms with Gasteiger partial charge in [0.1, 0.15) is 12.5 Å². The molecule has 0 aliphatic carbocycles. The molecule has 0 fully saturated rings. The van der Waals surface area contributed by atoms with Crippen molar-refractivity contribution in [2.75, 3.05) is 0 Å². The molecule has 5 heavy (non-hydrogen) atoms. The van der Waals surface area contributed by atoms with Crippen LogP contribution in [0, 0.1) is 12.6 Å². The van der Waals surface area contributed by atoms with Gasteiger partial charge >= 0.3 is 0 Å². The highest BCUT2D eigenvalue weighted by atomic mass is 16.3. The van der Waals surface area contributed by atoms with Gasteiger partial charge in [-0.3, -0.25) is 0 Å². The smallest absolute Gasteiger partial charge is 0.284 e. The quantitative estimate of drug-likeness (QED) is 0.435. The summed E-state index contributed by atoms with van der Waals surface area (Å²) in [5.41, 5.74) is 0. The number of oxazole rings is 1. The second-order valence-electron chi connectivity index (χ2n) is 0.568. The lowest BCUT2D eigenvalue weighted by Crippen LogP contribution is -1.42. The van der Waals surface area contributed by atoms with Crippen LogP contribution in [0.5, 0.6) is 0 Å². The molecule has 0 unspecified atom stereocenters. The first-order valence-corrected chi connectivity index (χ1v) is 1.18. The van der Waals surface area contributed by atoms with Crippen molar-refractivity contribution >= 4 is 0 Å². The largest absolute Gasteiger partial charge is 0.440 e. The second-order valence-corrected chi connectivity index (χ2v) is 0.568. The van der Waals surface area contributed by atoms with Crippen molar-refractivity contribution in [2.24, 2.45) is 0 Å². The van der Waals surface area contributed by atoms with Crippen LogP contribution in [0.4, 0.5) is 0 Å². The zero-order chi connectivity index (χ0) is 3.54. The first-order chi connectivity index (χ1) is 2.50. The fourth-order valence-corrected chi connectivity index (χ4v) is 0.132. The Morgan fingerprint density at radius 2 is 2.80 bits per heavy atom. The minimum absolute atomic E-state index is 1.33. The van der Waals surface area contributed by atoms with Crippen LogP contribution in [0.1, 0.15) is 0 Å². The highest BCUT2D eigenvalue weighted by Gasteiger charge is 1.64. The van der Waals surface area contributed by atoms with Crippen LogP contribution in [0.2, 0.25) is 0 Å². The van der Waals surface area contributed by atoms with Crippen molar-refractivity contribution in [3.05, 3.63) is 18.9 Å². The van der Waals surface area contributed by atoms with Gasteiger partial charge in [0, 0.05) is 0 Å². The fraction of sp³-hybridized carbons (Fsp3) is 0. The van der Waals surface area contributed by atoms with Gasteiger partial charge < -0.3 is 4.42 Å². The molecule has 1 aromatic rings. The van der Waals surface area contributed by atoms with Crippen LogP contribution in [0.3, 0.4) is 0 Å². The lowest BCUT2D eigenvalue weighted by atomic mass is 11.0. The summed E-state index contributed by atoms with van der Waals surface area (Å²) < 4.78 is 4.29. The molecule has 0 aliphatic rings. The van der Waals surface area contributed by atoms with E-state index in [1.54, 1.807) is 0 Å². The molecule has 0 bridgehead atoms. The highest BCUT2D eigenvalue weighted by Crippen LogP contribution is 1.69. The number of aromatic nitrogens is 1. The molecule has 0 N–H and O–H groups in total. The SMILES string of the molecule is [c]1co[c]n1. The van der Waals surface area contributed by atoms with E-state index >= 15 is 0 Å². The van der Waals surface area contributed by atoms with Gasteiger partial charge in [-0.1, -0.05) is 0 Å². The van der Waals surface area contributed by atoms with Crippen molar-refractivity contribution < 1.29 is 4.42 Å². The Labute approximate surface area is 29.4 Å². The molecule has 2 radical (unpaired) electrons. The molecular formula is C3HNO. The third kappa shape index (κ3) is 0.265. The molecule has 2 heteroatoms. The number of nitrogens with zero attached hydrogens (tertiary/aromatic N) is 1. The first kappa shape index (κ1) is 2.45. The van der Waals surface area contributed by atoms with E-state index in [4.69, 9.17) is 0 Å². The molecule has 1 heterocycles. The molecule has 0 saturated carbocycles. The predicted molar refractivity (Wildman–Crippen MR) is 14.2 cm³/mol. The average molecular weight is 67.0 g/mol. The van der Waals surface area contributed by atoms with Gasteiger partial charge in [0.2, 0.25) is 0 Å². The molecule has 0 spiro atoms. The lowest BCUT2D eigenvalue weighted by Gasteiger charge is -1.44. The zero-order valence-electron chi connectivity index (χ0n) is 2.43. The van der Waals surface area contributed by atoms with Crippen molar-refractivity contribution in [1.82, 2.24) is 4.98 Å². The predicted octanol–water partition coefficient (Wildman–Crippen LogP) is 0.275. The fourth-order valence-electron chi connectivity index (χ4n) is 0.132. The van der Waals surface area contributed by atoms with Crippen LogP contribution in [0.25, 0.3) is 0 Å². The van der Waals surface area contributed by atoms with Gasteiger partial charge in [0.15, 0.2) is 0 Å². The summed E-state index contributed by atoms with van der Waals surface area (Å²) >= 11 is 0. The molecule has 0 aromatic carbocycles. The molecule has 2 nitrogen and oxygen atoms in total. The lowest BCUT2D eigenvalue weighted by molar-refractivity contribution is 0.547. The highest BCUT2D eigenvalue weighted by molar-refractivity contribution is 4.51. The molecule has 24 valence electrons. The Kier molecular flexibility index (Phi) is 0.433. The van der Waals surface area contributed by atoms with Crippen LogP contribution in [-0.2, 0) is 0 Å². The molecular weight excluding hydrogens is 66.0 g/mol. The Hall–Kier alpha value is -0.790. The average Bonchev–Trinajstić information content (AvgIpc) is 1.76. The van der Waals surface area contributed by atoms with E-state index in [-0.39, 0.29) is 0 Å². The van der Waals surface area contributed by atoms with E-state index < -0.39 is 0 Å². The third-order valence-corrected chi connectivity index (χ3v) is 0.275. The Bertz CT molecular complexity index is 63.4. The maximum absolute atomic E-state index is 4.29. The van der Waals surface area contributed by atoms with Gasteiger partial charge in [0.25, 0.3) is 6.39 Å². The summed E-state index contributed by atoms with van der Waals surface area (Å²) in [6.07, 6.45) is 5.90. The van der Waals surface area contributed by atoms with Crippen molar-refractivity contribution in [2.45, 2.75) is 0 Å². The van der Waals surface area contributed by atoms with Gasteiger partial charge in [0.05, 0.1) is 0 Å². The summed E-state index contributed by atoms with van der Waals surface area (Å²) in [4.78, 5) is 3.31. The maximum Gasteiger partial charge on any atom is 0.284 e.